The predicted octanol–water partition coefficient (Wildman–Crippen LogP) is 3.16. The number of halogens is 1. The van der Waals surface area contributed by atoms with Crippen LogP contribution in [0.25, 0.3) is 0 Å². The average molecular weight is 479 g/mol. The van der Waals surface area contributed by atoms with Crippen LogP contribution in [-0.4, -0.2) is 37.7 Å². The summed E-state index contributed by atoms with van der Waals surface area (Å²) < 4.78 is 44.2. The molecule has 0 bridgehead atoms. The molecule has 0 saturated carbocycles. The fourth-order valence-corrected chi connectivity index (χ4v) is 4.72. The molecule has 0 fully saturated rings. The topological polar surface area (TPSA) is 124 Å². The molecule has 4 rings (SSSR count). The number of benzene rings is 2. The molecule has 1 amide bonds. The second-order valence-corrected chi connectivity index (χ2v) is 8.87. The molecule has 0 radical (unpaired) electrons. The van der Waals surface area contributed by atoms with Crippen LogP contribution in [0.2, 0.25) is 5.02 Å². The van der Waals surface area contributed by atoms with Crippen LogP contribution in [-0.2, 0) is 21.4 Å². The number of nitrogens with zero attached hydrogens (tertiary/aromatic N) is 3. The lowest BCUT2D eigenvalue weighted by Crippen LogP contribution is -2.38. The van der Waals surface area contributed by atoms with Crippen molar-refractivity contribution in [2.75, 3.05) is 22.8 Å². The summed E-state index contributed by atoms with van der Waals surface area (Å²) in [6.07, 6.45) is 0. The number of anilines is 2. The predicted molar refractivity (Wildman–Crippen MR) is 116 cm³/mol. The highest BCUT2D eigenvalue weighted by molar-refractivity contribution is 7.92. The van der Waals surface area contributed by atoms with E-state index in [1.54, 1.807) is 31.2 Å². The number of nitrogens with one attached hydrogen (secondary N) is 1. The molecule has 2 aromatic carbocycles. The summed E-state index contributed by atoms with van der Waals surface area (Å²) in [5.41, 5.74) is 0.654. The molecule has 168 valence electrons. The monoisotopic (exact) mass is 478 g/mol. The maximum absolute atomic E-state index is 13.0. The number of hydrogen-bond acceptors (Lipinski definition) is 8. The summed E-state index contributed by atoms with van der Waals surface area (Å²) in [6.45, 7) is 3.75. The molecule has 1 aliphatic rings. The van der Waals surface area contributed by atoms with Crippen LogP contribution in [0.5, 0.6) is 11.5 Å². The quantitative estimate of drug-likeness (QED) is 0.549. The van der Waals surface area contributed by atoms with Gasteiger partial charge in [-0.3, -0.25) is 14.4 Å². The minimum Gasteiger partial charge on any atom is -0.494 e. The SMILES string of the molecule is CCOc1ccc(NS(=O)(=O)c2cc3c(cc2Cl)N(Cc2noc(C)n2)C(=O)CO3)cc1. The van der Waals surface area contributed by atoms with Gasteiger partial charge in [-0.15, -0.1) is 0 Å². The van der Waals surface area contributed by atoms with Crippen molar-refractivity contribution in [3.63, 3.8) is 0 Å². The Kier molecular flexibility index (Phi) is 5.94. The highest BCUT2D eigenvalue weighted by Gasteiger charge is 2.30. The first-order chi connectivity index (χ1) is 15.3. The smallest absolute Gasteiger partial charge is 0.265 e. The van der Waals surface area contributed by atoms with Crippen molar-refractivity contribution in [1.82, 2.24) is 10.1 Å². The first kappa shape index (κ1) is 21.9. The summed E-state index contributed by atoms with van der Waals surface area (Å²) in [4.78, 5) is 17.7. The van der Waals surface area contributed by atoms with Crippen LogP contribution in [0.4, 0.5) is 11.4 Å². The zero-order valence-electron chi connectivity index (χ0n) is 17.2. The van der Waals surface area contributed by atoms with E-state index in [0.717, 1.165) is 0 Å². The van der Waals surface area contributed by atoms with Gasteiger partial charge in [-0.2, -0.15) is 4.98 Å². The van der Waals surface area contributed by atoms with Gasteiger partial charge in [-0.25, -0.2) is 8.42 Å². The lowest BCUT2D eigenvalue weighted by Gasteiger charge is -2.29. The Morgan fingerprint density at radius 3 is 2.66 bits per heavy atom. The molecule has 32 heavy (non-hydrogen) atoms. The van der Waals surface area contributed by atoms with E-state index in [1.165, 1.54) is 17.0 Å². The van der Waals surface area contributed by atoms with Crippen LogP contribution in [0, 0.1) is 6.92 Å². The zero-order chi connectivity index (χ0) is 22.9. The molecule has 1 aliphatic heterocycles. The van der Waals surface area contributed by atoms with Crippen molar-refractivity contribution in [3.8, 4) is 11.5 Å². The number of rotatable bonds is 7. The molecule has 2 heterocycles. The van der Waals surface area contributed by atoms with Gasteiger partial charge in [0.05, 0.1) is 23.9 Å². The fraction of sp³-hybridized carbons (Fsp3) is 0.250. The van der Waals surface area contributed by atoms with E-state index in [1.807, 2.05) is 6.92 Å². The molecular weight excluding hydrogens is 460 g/mol. The number of fused-ring (bicyclic) bond motifs is 1. The maximum atomic E-state index is 13.0. The number of aromatic nitrogens is 2. The van der Waals surface area contributed by atoms with Crippen molar-refractivity contribution in [1.29, 1.82) is 0 Å². The summed E-state index contributed by atoms with van der Waals surface area (Å²) in [5, 5.41) is 3.72. The third kappa shape index (κ3) is 4.48. The number of hydrogen-bond donors (Lipinski definition) is 1. The van der Waals surface area contributed by atoms with Crippen molar-refractivity contribution in [2.24, 2.45) is 0 Å². The zero-order valence-corrected chi connectivity index (χ0v) is 18.7. The maximum Gasteiger partial charge on any atom is 0.265 e. The van der Waals surface area contributed by atoms with Crippen molar-refractivity contribution in [2.45, 2.75) is 25.3 Å². The van der Waals surface area contributed by atoms with Crippen molar-refractivity contribution in [3.05, 3.63) is 53.1 Å². The second-order valence-electron chi connectivity index (χ2n) is 6.81. The first-order valence-electron chi connectivity index (χ1n) is 9.58. The second kappa shape index (κ2) is 8.67. The van der Waals surface area contributed by atoms with Crippen molar-refractivity contribution >= 4 is 38.9 Å². The molecule has 10 nitrogen and oxygen atoms in total. The van der Waals surface area contributed by atoms with Gasteiger partial charge in [0.15, 0.2) is 12.4 Å². The largest absolute Gasteiger partial charge is 0.494 e. The molecule has 0 unspecified atom stereocenters. The van der Waals surface area contributed by atoms with Crippen LogP contribution >= 0.6 is 11.6 Å². The van der Waals surface area contributed by atoms with Gasteiger partial charge in [-0.05, 0) is 37.3 Å². The van der Waals surface area contributed by atoms with E-state index >= 15 is 0 Å². The van der Waals surface area contributed by atoms with E-state index in [2.05, 4.69) is 14.9 Å². The van der Waals surface area contributed by atoms with E-state index in [-0.39, 0.29) is 34.7 Å². The van der Waals surface area contributed by atoms with Gasteiger partial charge in [-0.1, -0.05) is 16.8 Å². The van der Waals surface area contributed by atoms with Crippen LogP contribution in [0.1, 0.15) is 18.6 Å². The molecule has 3 aromatic rings. The highest BCUT2D eigenvalue weighted by atomic mass is 35.5. The molecular formula is C20H19ClN4O6S. The number of carbonyl (C=O) groups is 1. The molecule has 12 heteroatoms. The Hall–Kier alpha value is -3.31. The molecule has 0 spiro atoms. The molecule has 0 aliphatic carbocycles. The van der Waals surface area contributed by atoms with E-state index < -0.39 is 10.0 Å². The fourth-order valence-electron chi connectivity index (χ4n) is 3.12. The number of carbonyl (C=O) groups excluding carboxylic acids is 1. The highest BCUT2D eigenvalue weighted by Crippen LogP contribution is 2.39. The summed E-state index contributed by atoms with van der Waals surface area (Å²) in [7, 11) is -4.04. The molecule has 0 atom stereocenters. The van der Waals surface area contributed by atoms with E-state index in [9.17, 15) is 13.2 Å². The lowest BCUT2D eigenvalue weighted by molar-refractivity contribution is -0.121. The minimum atomic E-state index is -4.04. The Morgan fingerprint density at radius 2 is 2.00 bits per heavy atom. The van der Waals surface area contributed by atoms with E-state index in [0.29, 0.717) is 35.4 Å². The summed E-state index contributed by atoms with van der Waals surface area (Å²) in [5.74, 6) is 1.13. The summed E-state index contributed by atoms with van der Waals surface area (Å²) >= 11 is 6.32. The van der Waals surface area contributed by atoms with Crippen LogP contribution in [0.3, 0.4) is 0 Å². The first-order valence-corrected chi connectivity index (χ1v) is 11.4. The Bertz CT molecular complexity index is 1260. The Labute approximate surface area is 189 Å². The lowest BCUT2D eigenvalue weighted by atomic mass is 10.2. The van der Waals surface area contributed by atoms with Crippen LogP contribution < -0.4 is 19.1 Å². The normalized spacial score (nSPS) is 13.5. The standard InChI is InChI=1S/C20H19ClN4O6S/c1-3-29-14-6-4-13(5-7-14)24-32(27,28)18-9-17-16(8-15(18)21)25(20(26)11-30-17)10-19-22-12(2)31-23-19/h4-9,24H,3,10-11H2,1-2H3. The number of aryl methyl sites for hydroxylation is 1. The van der Waals surface area contributed by atoms with Crippen molar-refractivity contribution < 1.29 is 27.2 Å². The van der Waals surface area contributed by atoms with Gasteiger partial charge in [0.25, 0.3) is 15.9 Å². The Morgan fingerprint density at radius 1 is 1.25 bits per heavy atom. The molecule has 1 aromatic heterocycles. The summed E-state index contributed by atoms with van der Waals surface area (Å²) in [6, 6.07) is 9.13. The minimum absolute atomic E-state index is 0.0272. The third-order valence-electron chi connectivity index (χ3n) is 4.53. The number of amides is 1. The number of ether oxygens (including phenoxy) is 2. The van der Waals surface area contributed by atoms with Gasteiger partial charge in [0, 0.05) is 18.7 Å². The van der Waals surface area contributed by atoms with Gasteiger partial charge in [0.2, 0.25) is 5.89 Å². The third-order valence-corrected chi connectivity index (χ3v) is 6.38. The van der Waals surface area contributed by atoms with Crippen LogP contribution in [0.15, 0.2) is 45.8 Å². The number of sulfonamides is 1. The van der Waals surface area contributed by atoms with Gasteiger partial charge < -0.3 is 14.0 Å². The van der Waals surface area contributed by atoms with Gasteiger partial charge >= 0.3 is 0 Å². The molecule has 1 N–H and O–H groups in total. The average Bonchev–Trinajstić information content (AvgIpc) is 3.16. The Balaban J connectivity index is 1.62. The van der Waals surface area contributed by atoms with E-state index in [4.69, 9.17) is 25.6 Å². The molecule has 0 saturated heterocycles. The van der Waals surface area contributed by atoms with Gasteiger partial charge in [0.1, 0.15) is 16.4 Å².